The van der Waals surface area contributed by atoms with Gasteiger partial charge in [-0.25, -0.2) is 0 Å². The number of rotatable bonds is 4. The van der Waals surface area contributed by atoms with E-state index >= 15 is 0 Å². The van der Waals surface area contributed by atoms with Gasteiger partial charge in [-0.2, -0.15) is 0 Å². The van der Waals surface area contributed by atoms with Crippen LogP contribution in [0, 0.1) is 0 Å². The zero-order valence-electron chi connectivity index (χ0n) is 11.4. The molecule has 98 valence electrons. The van der Waals surface area contributed by atoms with Gasteiger partial charge in [-0.3, -0.25) is 0 Å². The molecule has 0 aromatic heterocycles. The van der Waals surface area contributed by atoms with E-state index in [1.807, 2.05) is 0 Å². The molecule has 1 atom stereocenters. The number of likely N-dealkylation sites (N-methyl/N-ethyl adjacent to an activating group) is 1. The molecule has 1 aliphatic rings. The lowest BCUT2D eigenvalue weighted by Gasteiger charge is -2.20. The minimum atomic E-state index is 0.402. The van der Waals surface area contributed by atoms with Crippen LogP contribution in [0.1, 0.15) is 43.7 Å². The first kappa shape index (κ1) is 13.7. The highest BCUT2D eigenvalue weighted by Gasteiger charge is 2.15. The Kier molecular flexibility index (Phi) is 5.33. The molecule has 0 spiro atoms. The van der Waals surface area contributed by atoms with Crippen molar-refractivity contribution in [1.82, 2.24) is 5.32 Å². The first-order valence-corrected chi connectivity index (χ1v) is 8.07. The normalized spacial score (nSPS) is 18.0. The monoisotopic (exact) mass is 261 g/mol. The van der Waals surface area contributed by atoms with Crippen LogP contribution in [-0.4, -0.2) is 13.3 Å². The van der Waals surface area contributed by atoms with E-state index in [9.17, 15) is 0 Å². The molecule has 1 aliphatic carbocycles. The van der Waals surface area contributed by atoms with Gasteiger partial charge < -0.3 is 5.32 Å². The Labute approximate surface area is 115 Å². The Balaban J connectivity index is 2.18. The van der Waals surface area contributed by atoms with Crippen molar-refractivity contribution in [2.45, 2.75) is 43.0 Å². The second-order valence-electron chi connectivity index (χ2n) is 4.87. The highest BCUT2D eigenvalue weighted by atomic mass is 32.2. The molecule has 2 rings (SSSR count). The minimum absolute atomic E-state index is 0.402. The summed E-state index contributed by atoms with van der Waals surface area (Å²) in [5, 5.41) is 3.48. The molecule has 1 unspecified atom stereocenters. The number of benzene rings is 1. The summed E-state index contributed by atoms with van der Waals surface area (Å²) < 4.78 is 0. The van der Waals surface area contributed by atoms with E-state index in [0.29, 0.717) is 6.04 Å². The third-order valence-corrected chi connectivity index (χ3v) is 4.43. The zero-order chi connectivity index (χ0) is 12.8. The molecule has 0 radical (unpaired) electrons. The quantitative estimate of drug-likeness (QED) is 0.630. The van der Waals surface area contributed by atoms with E-state index in [0.717, 1.165) is 0 Å². The summed E-state index contributed by atoms with van der Waals surface area (Å²) in [6.07, 6.45) is 11.1. The molecule has 1 aromatic rings. The molecule has 1 nitrogen and oxygen atoms in total. The van der Waals surface area contributed by atoms with Crippen molar-refractivity contribution in [3.63, 3.8) is 0 Å². The molecular weight excluding hydrogens is 238 g/mol. The lowest BCUT2D eigenvalue weighted by Crippen LogP contribution is -2.18. The fourth-order valence-corrected chi connectivity index (χ4v) is 3.07. The molecule has 0 heterocycles. The van der Waals surface area contributed by atoms with Crippen LogP contribution in [0.2, 0.25) is 0 Å². The van der Waals surface area contributed by atoms with Crippen LogP contribution in [0.25, 0.3) is 0 Å². The Bertz CT molecular complexity index is 394. The van der Waals surface area contributed by atoms with Crippen molar-refractivity contribution < 1.29 is 0 Å². The molecule has 0 saturated heterocycles. The Morgan fingerprint density at radius 1 is 1.11 bits per heavy atom. The van der Waals surface area contributed by atoms with Gasteiger partial charge in [-0.1, -0.05) is 30.2 Å². The van der Waals surface area contributed by atoms with E-state index in [1.54, 1.807) is 17.3 Å². The SMILES string of the molecule is CNC(C1=CCCCCC1)c1ccc(SC)cc1. The predicted octanol–water partition coefficient (Wildman–Crippen LogP) is 4.56. The number of nitrogens with one attached hydrogen (secondary N) is 1. The van der Waals surface area contributed by atoms with Crippen LogP contribution in [0.3, 0.4) is 0 Å². The summed E-state index contributed by atoms with van der Waals surface area (Å²) >= 11 is 1.80. The number of hydrogen-bond donors (Lipinski definition) is 1. The molecule has 1 aromatic carbocycles. The van der Waals surface area contributed by atoms with Crippen molar-refractivity contribution in [2.24, 2.45) is 0 Å². The van der Waals surface area contributed by atoms with Crippen LogP contribution in [-0.2, 0) is 0 Å². The van der Waals surface area contributed by atoms with Gasteiger partial charge in [-0.05, 0) is 56.7 Å². The van der Waals surface area contributed by atoms with Crippen LogP contribution < -0.4 is 5.32 Å². The molecule has 0 fully saturated rings. The van der Waals surface area contributed by atoms with Crippen molar-refractivity contribution in [2.75, 3.05) is 13.3 Å². The Hall–Kier alpha value is -0.730. The van der Waals surface area contributed by atoms with Crippen LogP contribution in [0.15, 0.2) is 40.8 Å². The van der Waals surface area contributed by atoms with Crippen LogP contribution in [0.5, 0.6) is 0 Å². The highest BCUT2D eigenvalue weighted by molar-refractivity contribution is 7.98. The largest absolute Gasteiger partial charge is 0.310 e. The second-order valence-corrected chi connectivity index (χ2v) is 5.75. The molecular formula is C16H23NS. The summed E-state index contributed by atoms with van der Waals surface area (Å²) in [7, 11) is 2.07. The topological polar surface area (TPSA) is 12.0 Å². The average Bonchev–Trinajstić information content (AvgIpc) is 2.70. The first-order valence-electron chi connectivity index (χ1n) is 6.85. The van der Waals surface area contributed by atoms with E-state index in [2.05, 4.69) is 49.0 Å². The molecule has 2 heteroatoms. The summed E-state index contributed by atoms with van der Waals surface area (Å²) in [4.78, 5) is 1.34. The second kappa shape index (κ2) is 7.01. The molecule has 0 bridgehead atoms. The van der Waals surface area contributed by atoms with Gasteiger partial charge in [0.05, 0.1) is 6.04 Å². The fourth-order valence-electron chi connectivity index (χ4n) is 2.66. The Morgan fingerprint density at radius 3 is 2.56 bits per heavy atom. The van der Waals surface area contributed by atoms with Crippen molar-refractivity contribution in [1.29, 1.82) is 0 Å². The third-order valence-electron chi connectivity index (χ3n) is 3.68. The predicted molar refractivity (Wildman–Crippen MR) is 81.2 cm³/mol. The lowest BCUT2D eigenvalue weighted by atomic mass is 9.95. The smallest absolute Gasteiger partial charge is 0.0533 e. The molecule has 0 saturated carbocycles. The van der Waals surface area contributed by atoms with Gasteiger partial charge in [0.15, 0.2) is 0 Å². The molecule has 0 aliphatic heterocycles. The lowest BCUT2D eigenvalue weighted by molar-refractivity contribution is 0.628. The van der Waals surface area contributed by atoms with Gasteiger partial charge in [0, 0.05) is 4.90 Å². The average molecular weight is 261 g/mol. The van der Waals surface area contributed by atoms with E-state index in [-0.39, 0.29) is 0 Å². The van der Waals surface area contributed by atoms with Crippen LogP contribution >= 0.6 is 11.8 Å². The van der Waals surface area contributed by atoms with Gasteiger partial charge in [0.2, 0.25) is 0 Å². The number of allylic oxidation sites excluding steroid dienone is 1. The first-order chi connectivity index (χ1) is 8.85. The van der Waals surface area contributed by atoms with Crippen molar-refractivity contribution in [3.05, 3.63) is 41.5 Å². The van der Waals surface area contributed by atoms with E-state index in [1.165, 1.54) is 42.6 Å². The third kappa shape index (κ3) is 3.39. The highest BCUT2D eigenvalue weighted by Crippen LogP contribution is 2.29. The summed E-state index contributed by atoms with van der Waals surface area (Å²) in [6.45, 7) is 0. The van der Waals surface area contributed by atoms with Gasteiger partial charge in [0.1, 0.15) is 0 Å². The molecule has 1 N–H and O–H groups in total. The van der Waals surface area contributed by atoms with Gasteiger partial charge in [-0.15, -0.1) is 11.8 Å². The zero-order valence-corrected chi connectivity index (χ0v) is 12.2. The van der Waals surface area contributed by atoms with E-state index < -0.39 is 0 Å². The number of hydrogen-bond acceptors (Lipinski definition) is 2. The van der Waals surface area contributed by atoms with Crippen molar-refractivity contribution in [3.8, 4) is 0 Å². The van der Waals surface area contributed by atoms with Crippen molar-refractivity contribution >= 4 is 11.8 Å². The number of thioether (sulfide) groups is 1. The maximum absolute atomic E-state index is 3.48. The standard InChI is InChI=1S/C16H23NS/c1-17-16(13-7-5-3-4-6-8-13)14-9-11-15(18-2)12-10-14/h7,9-12,16-17H,3-6,8H2,1-2H3. The van der Waals surface area contributed by atoms with E-state index in [4.69, 9.17) is 0 Å². The van der Waals surface area contributed by atoms with Gasteiger partial charge >= 0.3 is 0 Å². The summed E-state index contributed by atoms with van der Waals surface area (Å²) in [5.41, 5.74) is 2.97. The van der Waals surface area contributed by atoms with Gasteiger partial charge in [0.25, 0.3) is 0 Å². The van der Waals surface area contributed by atoms with Crippen LogP contribution in [0.4, 0.5) is 0 Å². The Morgan fingerprint density at radius 2 is 1.89 bits per heavy atom. The summed E-state index contributed by atoms with van der Waals surface area (Å²) in [6, 6.07) is 9.37. The maximum atomic E-state index is 3.48. The summed E-state index contributed by atoms with van der Waals surface area (Å²) in [5.74, 6) is 0. The minimum Gasteiger partial charge on any atom is -0.310 e. The molecule has 18 heavy (non-hydrogen) atoms. The fraction of sp³-hybridized carbons (Fsp3) is 0.500. The molecule has 0 amide bonds. The maximum Gasteiger partial charge on any atom is 0.0533 e.